The Kier molecular flexibility index (Phi) is 5.80. The van der Waals surface area contributed by atoms with Gasteiger partial charge in [-0.3, -0.25) is 9.69 Å². The van der Waals surface area contributed by atoms with E-state index in [4.69, 9.17) is 16.3 Å². The lowest BCUT2D eigenvalue weighted by Gasteiger charge is -2.33. The number of carbonyl (C=O) groups excluding carboxylic acids is 2. The minimum Gasteiger partial charge on any atom is -0.471 e. The number of hydrogen-bond acceptors (Lipinski definition) is 5. The van der Waals surface area contributed by atoms with Crippen LogP contribution in [-0.2, 0) is 4.79 Å². The zero-order valence-corrected chi connectivity index (χ0v) is 16.7. The second-order valence-electron chi connectivity index (χ2n) is 7.12. The highest BCUT2D eigenvalue weighted by Gasteiger charge is 2.33. The summed E-state index contributed by atoms with van der Waals surface area (Å²) in [7, 11) is 0. The van der Waals surface area contributed by atoms with Gasteiger partial charge in [-0.15, -0.1) is 5.10 Å². The van der Waals surface area contributed by atoms with Crippen LogP contribution in [0.3, 0.4) is 0 Å². The molecule has 152 valence electrons. The molecule has 2 aliphatic heterocycles. The predicted octanol–water partition coefficient (Wildman–Crippen LogP) is 2.44. The number of amides is 3. The zero-order valence-electron chi connectivity index (χ0n) is 15.9. The number of aromatic nitrogens is 2. The van der Waals surface area contributed by atoms with Crippen LogP contribution in [0.5, 0.6) is 5.88 Å². The summed E-state index contributed by atoms with van der Waals surface area (Å²) in [5, 5.41) is 8.32. The SMILES string of the molecule is O=C(CN1CCN(c2cccc(Cl)c2)C1=O)N1CCCC(Oc2cccnn2)C1. The Bertz CT molecular complexity index is 881. The Hall–Kier alpha value is -2.87. The van der Waals surface area contributed by atoms with Crippen molar-refractivity contribution in [3.05, 3.63) is 47.6 Å². The molecule has 0 radical (unpaired) electrons. The quantitative estimate of drug-likeness (QED) is 0.749. The molecule has 0 aliphatic carbocycles. The maximum atomic E-state index is 12.8. The van der Waals surface area contributed by atoms with Gasteiger partial charge >= 0.3 is 6.03 Å². The van der Waals surface area contributed by atoms with E-state index >= 15 is 0 Å². The van der Waals surface area contributed by atoms with Gasteiger partial charge in [0.2, 0.25) is 11.8 Å². The molecule has 0 saturated carbocycles. The highest BCUT2D eigenvalue weighted by molar-refractivity contribution is 6.30. The molecule has 2 fully saturated rings. The number of halogens is 1. The molecule has 0 N–H and O–H groups in total. The molecule has 1 atom stereocenters. The van der Waals surface area contributed by atoms with Gasteiger partial charge in [0.05, 0.1) is 6.54 Å². The lowest BCUT2D eigenvalue weighted by Crippen LogP contribution is -2.48. The van der Waals surface area contributed by atoms with Crippen molar-refractivity contribution in [2.75, 3.05) is 37.6 Å². The normalized spacial score (nSPS) is 19.6. The summed E-state index contributed by atoms with van der Waals surface area (Å²) in [5.74, 6) is 0.387. The third-order valence-electron chi connectivity index (χ3n) is 5.11. The monoisotopic (exact) mass is 415 g/mol. The predicted molar refractivity (Wildman–Crippen MR) is 108 cm³/mol. The van der Waals surface area contributed by atoms with Gasteiger partial charge in [-0.05, 0) is 37.1 Å². The maximum Gasteiger partial charge on any atom is 0.325 e. The summed E-state index contributed by atoms with van der Waals surface area (Å²) < 4.78 is 5.84. The van der Waals surface area contributed by atoms with Crippen molar-refractivity contribution in [1.82, 2.24) is 20.0 Å². The number of ether oxygens (including phenoxy) is 1. The van der Waals surface area contributed by atoms with E-state index in [9.17, 15) is 9.59 Å². The molecule has 9 heteroatoms. The van der Waals surface area contributed by atoms with E-state index in [-0.39, 0.29) is 24.6 Å². The van der Waals surface area contributed by atoms with Crippen molar-refractivity contribution < 1.29 is 14.3 Å². The summed E-state index contributed by atoms with van der Waals surface area (Å²) in [6.45, 7) is 2.25. The molecular formula is C20H22ClN5O3. The van der Waals surface area contributed by atoms with Crippen molar-refractivity contribution in [2.24, 2.45) is 0 Å². The van der Waals surface area contributed by atoms with Crippen LogP contribution in [-0.4, -0.2) is 70.8 Å². The number of carbonyl (C=O) groups is 2. The Labute approximate surface area is 174 Å². The van der Waals surface area contributed by atoms with Gasteiger partial charge in [0, 0.05) is 42.6 Å². The molecule has 1 unspecified atom stereocenters. The average Bonchev–Trinajstić information content (AvgIpc) is 3.09. The lowest BCUT2D eigenvalue weighted by molar-refractivity contribution is -0.134. The van der Waals surface area contributed by atoms with E-state index in [0.29, 0.717) is 37.1 Å². The Morgan fingerprint density at radius 2 is 2.10 bits per heavy atom. The molecular weight excluding hydrogens is 394 g/mol. The number of urea groups is 1. The first kappa shape index (κ1) is 19.4. The van der Waals surface area contributed by atoms with Crippen molar-refractivity contribution >= 4 is 29.2 Å². The number of anilines is 1. The summed E-state index contributed by atoms with van der Waals surface area (Å²) in [5.41, 5.74) is 0.743. The summed E-state index contributed by atoms with van der Waals surface area (Å²) >= 11 is 6.03. The van der Waals surface area contributed by atoms with Gasteiger partial charge in [0.15, 0.2) is 0 Å². The van der Waals surface area contributed by atoms with Crippen LogP contribution in [0.15, 0.2) is 42.6 Å². The van der Waals surface area contributed by atoms with Crippen LogP contribution >= 0.6 is 11.6 Å². The lowest BCUT2D eigenvalue weighted by atomic mass is 10.1. The molecule has 0 bridgehead atoms. The van der Waals surface area contributed by atoms with E-state index < -0.39 is 0 Å². The van der Waals surface area contributed by atoms with E-state index in [2.05, 4.69) is 10.2 Å². The fraction of sp³-hybridized carbons (Fsp3) is 0.400. The number of hydrogen-bond donors (Lipinski definition) is 0. The first-order valence-corrected chi connectivity index (χ1v) is 10.0. The number of nitrogens with zero attached hydrogens (tertiary/aromatic N) is 5. The standard InChI is InChI=1S/C20H22ClN5O3/c21-15-4-1-5-16(12-15)26-11-10-25(20(26)28)14-19(27)24-9-3-6-17(13-24)29-18-7-2-8-22-23-18/h1-2,4-5,7-8,12,17H,3,6,9-11,13-14H2. The van der Waals surface area contributed by atoms with Gasteiger partial charge in [-0.25, -0.2) is 4.79 Å². The smallest absolute Gasteiger partial charge is 0.325 e. The second-order valence-corrected chi connectivity index (χ2v) is 7.56. The number of piperidine rings is 1. The van der Waals surface area contributed by atoms with Crippen LogP contribution in [0.4, 0.5) is 10.5 Å². The number of rotatable bonds is 5. The van der Waals surface area contributed by atoms with Crippen LogP contribution < -0.4 is 9.64 Å². The molecule has 29 heavy (non-hydrogen) atoms. The van der Waals surface area contributed by atoms with E-state index in [1.807, 2.05) is 12.1 Å². The van der Waals surface area contributed by atoms with E-state index in [1.54, 1.807) is 45.2 Å². The average molecular weight is 416 g/mol. The van der Waals surface area contributed by atoms with Crippen molar-refractivity contribution in [3.63, 3.8) is 0 Å². The van der Waals surface area contributed by atoms with Crippen molar-refractivity contribution in [3.8, 4) is 5.88 Å². The molecule has 2 aliphatic rings. The molecule has 3 heterocycles. The topological polar surface area (TPSA) is 78.9 Å². The van der Waals surface area contributed by atoms with Gasteiger partial charge < -0.3 is 14.5 Å². The molecule has 1 aromatic heterocycles. The maximum absolute atomic E-state index is 12.8. The number of likely N-dealkylation sites (tertiary alicyclic amines) is 1. The minimum atomic E-state index is -0.176. The molecule has 1 aromatic carbocycles. The summed E-state index contributed by atoms with van der Waals surface area (Å²) in [6.07, 6.45) is 3.16. The third-order valence-corrected chi connectivity index (χ3v) is 5.34. The zero-order chi connectivity index (χ0) is 20.2. The fourth-order valence-corrected chi connectivity index (χ4v) is 3.84. The van der Waals surface area contributed by atoms with E-state index in [1.165, 1.54) is 0 Å². The van der Waals surface area contributed by atoms with Crippen LogP contribution in [0.1, 0.15) is 12.8 Å². The van der Waals surface area contributed by atoms with Crippen LogP contribution in [0, 0.1) is 0 Å². The highest BCUT2D eigenvalue weighted by atomic mass is 35.5. The Morgan fingerprint density at radius 1 is 1.21 bits per heavy atom. The van der Waals surface area contributed by atoms with Gasteiger partial charge in [-0.1, -0.05) is 17.7 Å². The van der Waals surface area contributed by atoms with E-state index in [0.717, 1.165) is 18.5 Å². The molecule has 0 spiro atoms. The Balaban J connectivity index is 1.33. The third kappa shape index (κ3) is 4.59. The molecule has 2 saturated heterocycles. The second kappa shape index (κ2) is 8.65. The van der Waals surface area contributed by atoms with Gasteiger partial charge in [-0.2, -0.15) is 5.10 Å². The van der Waals surface area contributed by atoms with Crippen molar-refractivity contribution in [1.29, 1.82) is 0 Å². The number of benzene rings is 1. The first-order chi connectivity index (χ1) is 14.1. The van der Waals surface area contributed by atoms with Gasteiger partial charge in [0.25, 0.3) is 0 Å². The molecule has 8 nitrogen and oxygen atoms in total. The molecule has 4 rings (SSSR count). The highest BCUT2D eigenvalue weighted by Crippen LogP contribution is 2.24. The minimum absolute atomic E-state index is 0.0633. The van der Waals surface area contributed by atoms with Crippen LogP contribution in [0.2, 0.25) is 5.02 Å². The largest absolute Gasteiger partial charge is 0.471 e. The summed E-state index contributed by atoms with van der Waals surface area (Å²) in [4.78, 5) is 30.5. The summed E-state index contributed by atoms with van der Waals surface area (Å²) in [6, 6.07) is 10.5. The first-order valence-electron chi connectivity index (χ1n) is 9.64. The van der Waals surface area contributed by atoms with Crippen LogP contribution in [0.25, 0.3) is 0 Å². The van der Waals surface area contributed by atoms with Gasteiger partial charge in [0.1, 0.15) is 12.6 Å². The fourth-order valence-electron chi connectivity index (χ4n) is 3.66. The van der Waals surface area contributed by atoms with Crippen molar-refractivity contribution in [2.45, 2.75) is 18.9 Å². The Morgan fingerprint density at radius 3 is 2.90 bits per heavy atom. The molecule has 2 aromatic rings. The molecule has 3 amide bonds.